The molecule has 0 aromatic heterocycles. The van der Waals surface area contributed by atoms with E-state index >= 15 is 0 Å². The summed E-state index contributed by atoms with van der Waals surface area (Å²) in [5.74, 6) is -0.288. The third kappa shape index (κ3) is 3.36. The molecule has 0 aromatic rings. The van der Waals surface area contributed by atoms with Gasteiger partial charge in [-0.25, -0.2) is 0 Å². The molecule has 76 valence electrons. The van der Waals surface area contributed by atoms with E-state index in [1.165, 1.54) is 0 Å². The highest BCUT2D eigenvalue weighted by Crippen LogP contribution is 2.18. The van der Waals surface area contributed by atoms with Crippen molar-refractivity contribution in [2.75, 3.05) is 6.61 Å². The Hall–Kier alpha value is -0.540. The summed E-state index contributed by atoms with van der Waals surface area (Å²) in [5.41, 5.74) is 5.76. The topological polar surface area (TPSA) is 52.3 Å². The predicted octanol–water partition coefficient (Wildman–Crippen LogP) is 1.26. The molecule has 0 unspecified atom stereocenters. The van der Waals surface area contributed by atoms with Crippen molar-refractivity contribution in [1.29, 1.82) is 0 Å². The zero-order valence-corrected chi connectivity index (χ0v) is 8.55. The molecule has 2 atom stereocenters. The molecule has 1 rings (SSSR count). The van der Waals surface area contributed by atoms with Crippen LogP contribution in [0.1, 0.15) is 19.8 Å². The summed E-state index contributed by atoms with van der Waals surface area (Å²) in [4.78, 5) is 11.3. The number of esters is 1. The molecule has 0 fully saturated rings. The zero-order chi connectivity index (χ0) is 8.97. The molecule has 3 nitrogen and oxygen atoms in total. The van der Waals surface area contributed by atoms with E-state index in [-0.39, 0.29) is 30.3 Å². The number of carbonyl (C=O) groups is 1. The minimum Gasteiger partial charge on any atom is -0.466 e. The summed E-state index contributed by atoms with van der Waals surface area (Å²) < 4.78 is 4.90. The predicted molar refractivity (Wildman–Crippen MR) is 53.7 cm³/mol. The molecule has 0 heterocycles. The SMILES string of the molecule is CCOC(=O)[C@@H]1CC=CC[C@@H]1N.Cl. The van der Waals surface area contributed by atoms with Gasteiger partial charge in [0.2, 0.25) is 0 Å². The number of hydrogen-bond donors (Lipinski definition) is 1. The third-order valence-electron chi connectivity index (χ3n) is 2.07. The van der Waals surface area contributed by atoms with Gasteiger partial charge in [-0.2, -0.15) is 0 Å². The van der Waals surface area contributed by atoms with E-state index in [0.29, 0.717) is 6.61 Å². The Balaban J connectivity index is 0.00000144. The highest BCUT2D eigenvalue weighted by atomic mass is 35.5. The highest BCUT2D eigenvalue weighted by Gasteiger charge is 2.26. The lowest BCUT2D eigenvalue weighted by atomic mass is 9.90. The van der Waals surface area contributed by atoms with Gasteiger partial charge >= 0.3 is 5.97 Å². The third-order valence-corrected chi connectivity index (χ3v) is 2.07. The van der Waals surface area contributed by atoms with Crippen LogP contribution in [0.2, 0.25) is 0 Å². The van der Waals surface area contributed by atoms with Crippen molar-refractivity contribution in [1.82, 2.24) is 0 Å². The van der Waals surface area contributed by atoms with E-state index < -0.39 is 0 Å². The monoisotopic (exact) mass is 205 g/mol. The zero-order valence-electron chi connectivity index (χ0n) is 7.73. The Morgan fingerprint density at radius 3 is 2.69 bits per heavy atom. The number of ether oxygens (including phenoxy) is 1. The van der Waals surface area contributed by atoms with Crippen LogP contribution >= 0.6 is 12.4 Å². The van der Waals surface area contributed by atoms with Gasteiger partial charge in [0, 0.05) is 6.04 Å². The van der Waals surface area contributed by atoms with Gasteiger partial charge in [-0.3, -0.25) is 4.79 Å². The van der Waals surface area contributed by atoms with Crippen LogP contribution in [0, 0.1) is 5.92 Å². The van der Waals surface area contributed by atoms with Crippen LogP contribution in [0.15, 0.2) is 12.2 Å². The van der Waals surface area contributed by atoms with E-state index in [4.69, 9.17) is 10.5 Å². The Morgan fingerprint density at radius 2 is 2.15 bits per heavy atom. The van der Waals surface area contributed by atoms with Crippen LogP contribution < -0.4 is 5.73 Å². The van der Waals surface area contributed by atoms with Gasteiger partial charge in [0.15, 0.2) is 0 Å². The summed E-state index contributed by atoms with van der Waals surface area (Å²) in [6, 6.07) is -0.0611. The van der Waals surface area contributed by atoms with E-state index in [9.17, 15) is 4.79 Å². The Bertz CT molecular complexity index is 194. The van der Waals surface area contributed by atoms with Gasteiger partial charge in [0.05, 0.1) is 12.5 Å². The van der Waals surface area contributed by atoms with E-state index in [2.05, 4.69) is 0 Å². The van der Waals surface area contributed by atoms with Crippen LogP contribution in [-0.2, 0) is 9.53 Å². The Kier molecular flexibility index (Phi) is 5.75. The molecule has 0 saturated carbocycles. The molecule has 0 spiro atoms. The fourth-order valence-electron chi connectivity index (χ4n) is 1.36. The van der Waals surface area contributed by atoms with Crippen molar-refractivity contribution in [3.63, 3.8) is 0 Å². The van der Waals surface area contributed by atoms with Crippen LogP contribution in [0.25, 0.3) is 0 Å². The molecule has 0 aromatic carbocycles. The van der Waals surface area contributed by atoms with Crippen LogP contribution in [0.4, 0.5) is 0 Å². The smallest absolute Gasteiger partial charge is 0.310 e. The maximum Gasteiger partial charge on any atom is 0.310 e. The molecule has 0 amide bonds. The van der Waals surface area contributed by atoms with Crippen LogP contribution in [0.3, 0.4) is 0 Å². The minimum atomic E-state index is -0.158. The molecule has 1 aliphatic carbocycles. The maximum atomic E-state index is 11.3. The van der Waals surface area contributed by atoms with Gasteiger partial charge < -0.3 is 10.5 Å². The van der Waals surface area contributed by atoms with Crippen LogP contribution in [-0.4, -0.2) is 18.6 Å². The van der Waals surface area contributed by atoms with Crippen molar-refractivity contribution in [2.24, 2.45) is 11.7 Å². The molecule has 2 N–H and O–H groups in total. The summed E-state index contributed by atoms with van der Waals surface area (Å²) in [5, 5.41) is 0. The molecule has 0 saturated heterocycles. The molecule has 0 bridgehead atoms. The summed E-state index contributed by atoms with van der Waals surface area (Å²) in [6.07, 6.45) is 5.51. The highest BCUT2D eigenvalue weighted by molar-refractivity contribution is 5.85. The summed E-state index contributed by atoms with van der Waals surface area (Å²) in [7, 11) is 0. The number of rotatable bonds is 2. The number of nitrogens with two attached hydrogens (primary N) is 1. The molecular formula is C9H16ClNO2. The average molecular weight is 206 g/mol. The number of allylic oxidation sites excluding steroid dienone is 1. The second-order valence-corrected chi connectivity index (χ2v) is 2.97. The molecule has 13 heavy (non-hydrogen) atoms. The van der Waals surface area contributed by atoms with Gasteiger partial charge in [-0.15, -0.1) is 12.4 Å². The largest absolute Gasteiger partial charge is 0.466 e. The number of halogens is 1. The summed E-state index contributed by atoms with van der Waals surface area (Å²) in [6.45, 7) is 2.24. The van der Waals surface area contributed by atoms with E-state index in [0.717, 1.165) is 12.8 Å². The van der Waals surface area contributed by atoms with Crippen molar-refractivity contribution in [3.05, 3.63) is 12.2 Å². The molecule has 1 aliphatic rings. The fraction of sp³-hybridized carbons (Fsp3) is 0.667. The van der Waals surface area contributed by atoms with Crippen molar-refractivity contribution in [2.45, 2.75) is 25.8 Å². The van der Waals surface area contributed by atoms with Gasteiger partial charge in [0.1, 0.15) is 0 Å². The lowest BCUT2D eigenvalue weighted by Crippen LogP contribution is -2.37. The van der Waals surface area contributed by atoms with Crippen molar-refractivity contribution in [3.8, 4) is 0 Å². The number of hydrogen-bond acceptors (Lipinski definition) is 3. The van der Waals surface area contributed by atoms with Crippen molar-refractivity contribution < 1.29 is 9.53 Å². The van der Waals surface area contributed by atoms with Gasteiger partial charge in [-0.05, 0) is 19.8 Å². The van der Waals surface area contributed by atoms with Gasteiger partial charge in [0.25, 0.3) is 0 Å². The first-order valence-electron chi connectivity index (χ1n) is 4.33. The molecule has 4 heteroatoms. The Labute approximate surface area is 84.7 Å². The second-order valence-electron chi connectivity index (χ2n) is 2.97. The van der Waals surface area contributed by atoms with E-state index in [1.54, 1.807) is 0 Å². The quantitative estimate of drug-likeness (QED) is 0.546. The molecule has 0 radical (unpaired) electrons. The van der Waals surface area contributed by atoms with Crippen molar-refractivity contribution >= 4 is 18.4 Å². The van der Waals surface area contributed by atoms with Crippen LogP contribution in [0.5, 0.6) is 0 Å². The first kappa shape index (κ1) is 12.5. The Morgan fingerprint density at radius 1 is 1.54 bits per heavy atom. The molecule has 0 aliphatic heterocycles. The normalized spacial score (nSPS) is 26.3. The standard InChI is InChI=1S/C9H15NO2.ClH/c1-2-12-9(11)7-5-3-4-6-8(7)10;/h3-4,7-8H,2,5-6,10H2,1H3;1H/t7-,8+;/m1./s1. The molecular weight excluding hydrogens is 190 g/mol. The summed E-state index contributed by atoms with van der Waals surface area (Å²) >= 11 is 0. The average Bonchev–Trinajstić information content (AvgIpc) is 2.05. The lowest BCUT2D eigenvalue weighted by Gasteiger charge is -2.22. The first-order valence-corrected chi connectivity index (χ1v) is 4.33. The second kappa shape index (κ2) is 6.00. The first-order chi connectivity index (χ1) is 5.75. The fourth-order valence-corrected chi connectivity index (χ4v) is 1.36. The van der Waals surface area contributed by atoms with Gasteiger partial charge in [-0.1, -0.05) is 12.2 Å². The van der Waals surface area contributed by atoms with E-state index in [1.807, 2.05) is 19.1 Å². The maximum absolute atomic E-state index is 11.3. The number of carbonyl (C=O) groups excluding carboxylic acids is 1. The lowest BCUT2D eigenvalue weighted by molar-refractivity contribution is -0.148. The minimum absolute atomic E-state index is 0.